The van der Waals surface area contributed by atoms with Crippen molar-refractivity contribution in [2.75, 3.05) is 18.1 Å². The average molecular weight is 206 g/mol. The number of hydrogen-bond acceptors (Lipinski definition) is 3. The Morgan fingerprint density at radius 3 is 2.87 bits per heavy atom. The maximum Gasteiger partial charge on any atom is 0.245 e. The standard InChI is InChI=1S/C11H14N2O2/c1-2-15-10-6-4-3-5-9(10)13-7-8(12)11(13)14/h3-6,8H,2,7,12H2,1H3. The number of carbonyl (C=O) groups is 1. The fraction of sp³-hybridized carbons (Fsp3) is 0.364. The zero-order chi connectivity index (χ0) is 10.8. The number of nitrogens with zero attached hydrogens (tertiary/aromatic N) is 1. The van der Waals surface area contributed by atoms with Crippen LogP contribution in [0.3, 0.4) is 0 Å². The second-order valence-corrected chi connectivity index (χ2v) is 3.46. The molecule has 0 aromatic heterocycles. The predicted molar refractivity (Wildman–Crippen MR) is 57.9 cm³/mol. The van der Waals surface area contributed by atoms with E-state index in [1.807, 2.05) is 31.2 Å². The molecule has 1 amide bonds. The van der Waals surface area contributed by atoms with Gasteiger partial charge in [0.05, 0.1) is 18.8 Å². The zero-order valence-electron chi connectivity index (χ0n) is 8.64. The fourth-order valence-corrected chi connectivity index (χ4v) is 1.63. The molecule has 1 unspecified atom stereocenters. The maximum atomic E-state index is 11.5. The summed E-state index contributed by atoms with van der Waals surface area (Å²) >= 11 is 0. The molecule has 1 saturated heterocycles. The maximum absolute atomic E-state index is 11.5. The monoisotopic (exact) mass is 206 g/mol. The third-order valence-electron chi connectivity index (χ3n) is 2.42. The van der Waals surface area contributed by atoms with Gasteiger partial charge < -0.3 is 15.4 Å². The van der Waals surface area contributed by atoms with Gasteiger partial charge in [-0.05, 0) is 19.1 Å². The first-order valence-corrected chi connectivity index (χ1v) is 5.03. The highest BCUT2D eigenvalue weighted by Gasteiger charge is 2.35. The van der Waals surface area contributed by atoms with Crippen LogP contribution in [0.1, 0.15) is 6.92 Å². The quantitative estimate of drug-likeness (QED) is 0.743. The van der Waals surface area contributed by atoms with Gasteiger partial charge in [0, 0.05) is 0 Å². The highest BCUT2D eigenvalue weighted by atomic mass is 16.5. The number of anilines is 1. The molecule has 80 valence electrons. The van der Waals surface area contributed by atoms with Crippen molar-refractivity contribution in [3.8, 4) is 5.75 Å². The van der Waals surface area contributed by atoms with E-state index in [0.717, 1.165) is 11.4 Å². The van der Waals surface area contributed by atoms with Crippen molar-refractivity contribution in [3.63, 3.8) is 0 Å². The van der Waals surface area contributed by atoms with Gasteiger partial charge in [-0.25, -0.2) is 0 Å². The predicted octanol–water partition coefficient (Wildman–Crippen LogP) is 0.759. The molecule has 0 radical (unpaired) electrons. The average Bonchev–Trinajstić information content (AvgIpc) is 2.27. The Morgan fingerprint density at radius 1 is 1.53 bits per heavy atom. The first-order chi connectivity index (χ1) is 7.24. The third kappa shape index (κ3) is 1.68. The minimum atomic E-state index is -0.348. The molecule has 0 saturated carbocycles. The molecule has 15 heavy (non-hydrogen) atoms. The normalized spacial score (nSPS) is 20.0. The van der Waals surface area contributed by atoms with Gasteiger partial charge >= 0.3 is 0 Å². The molecule has 1 aromatic rings. The molecule has 1 aromatic carbocycles. The van der Waals surface area contributed by atoms with Gasteiger partial charge in [0.1, 0.15) is 11.8 Å². The first kappa shape index (κ1) is 9.98. The molecule has 1 aliphatic heterocycles. The number of para-hydroxylation sites is 2. The molecule has 4 nitrogen and oxygen atoms in total. The third-order valence-corrected chi connectivity index (χ3v) is 2.42. The fourth-order valence-electron chi connectivity index (χ4n) is 1.63. The van der Waals surface area contributed by atoms with Crippen molar-refractivity contribution in [3.05, 3.63) is 24.3 Å². The summed E-state index contributed by atoms with van der Waals surface area (Å²) in [4.78, 5) is 13.1. The molecule has 2 rings (SSSR count). The van der Waals surface area contributed by atoms with Gasteiger partial charge in [-0.1, -0.05) is 12.1 Å². The molecule has 1 atom stereocenters. The molecule has 1 aliphatic rings. The van der Waals surface area contributed by atoms with E-state index in [2.05, 4.69) is 0 Å². The summed E-state index contributed by atoms with van der Waals surface area (Å²) in [5, 5.41) is 0. The number of β-lactam (4-membered cyclic amide) rings is 1. The molecule has 1 fully saturated rings. The molecular formula is C11H14N2O2. The van der Waals surface area contributed by atoms with E-state index in [1.54, 1.807) is 4.90 Å². The van der Waals surface area contributed by atoms with Crippen LogP contribution < -0.4 is 15.4 Å². The van der Waals surface area contributed by atoms with Crippen molar-refractivity contribution in [2.24, 2.45) is 5.73 Å². The number of amides is 1. The minimum Gasteiger partial charge on any atom is -0.492 e. The Kier molecular flexibility index (Phi) is 2.60. The number of benzene rings is 1. The molecule has 0 bridgehead atoms. The Bertz CT molecular complexity index is 379. The van der Waals surface area contributed by atoms with Crippen LogP contribution in [0.5, 0.6) is 5.75 Å². The number of carbonyl (C=O) groups excluding carboxylic acids is 1. The minimum absolute atomic E-state index is 0.0397. The van der Waals surface area contributed by atoms with Crippen LogP contribution in [0.4, 0.5) is 5.69 Å². The van der Waals surface area contributed by atoms with Crippen molar-refractivity contribution in [1.29, 1.82) is 0 Å². The highest BCUT2D eigenvalue weighted by Crippen LogP contribution is 2.31. The van der Waals surface area contributed by atoms with Crippen LogP contribution in [-0.2, 0) is 4.79 Å². The highest BCUT2D eigenvalue weighted by molar-refractivity contribution is 6.04. The Labute approximate surface area is 88.6 Å². The second kappa shape index (κ2) is 3.90. The van der Waals surface area contributed by atoms with Crippen LogP contribution >= 0.6 is 0 Å². The van der Waals surface area contributed by atoms with Gasteiger partial charge in [-0.3, -0.25) is 4.79 Å². The Hall–Kier alpha value is -1.55. The largest absolute Gasteiger partial charge is 0.492 e. The van der Waals surface area contributed by atoms with Crippen LogP contribution in [-0.4, -0.2) is 25.1 Å². The molecular weight excluding hydrogens is 192 g/mol. The summed E-state index contributed by atoms with van der Waals surface area (Å²) in [7, 11) is 0. The number of nitrogens with two attached hydrogens (primary N) is 1. The zero-order valence-corrected chi connectivity index (χ0v) is 8.64. The summed E-state index contributed by atoms with van der Waals surface area (Å²) in [5.41, 5.74) is 6.35. The van der Waals surface area contributed by atoms with E-state index in [0.29, 0.717) is 13.2 Å². The lowest BCUT2D eigenvalue weighted by Gasteiger charge is -2.36. The van der Waals surface area contributed by atoms with Gasteiger partial charge in [-0.15, -0.1) is 0 Å². The lowest BCUT2D eigenvalue weighted by molar-refractivity contribution is -0.123. The van der Waals surface area contributed by atoms with Gasteiger partial charge in [0.2, 0.25) is 5.91 Å². The van der Waals surface area contributed by atoms with E-state index in [1.165, 1.54) is 0 Å². The SMILES string of the molecule is CCOc1ccccc1N1CC(N)C1=O. The summed E-state index contributed by atoms with van der Waals surface area (Å²) in [5.74, 6) is 0.697. The van der Waals surface area contributed by atoms with Gasteiger partial charge in [-0.2, -0.15) is 0 Å². The summed E-state index contributed by atoms with van der Waals surface area (Å²) in [6.07, 6.45) is 0. The van der Waals surface area contributed by atoms with Crippen molar-refractivity contribution >= 4 is 11.6 Å². The van der Waals surface area contributed by atoms with Gasteiger partial charge in [0.25, 0.3) is 0 Å². The van der Waals surface area contributed by atoms with Crippen LogP contribution in [0, 0.1) is 0 Å². The van der Waals surface area contributed by atoms with E-state index < -0.39 is 0 Å². The molecule has 2 N–H and O–H groups in total. The molecule has 0 spiro atoms. The van der Waals surface area contributed by atoms with Crippen molar-refractivity contribution in [1.82, 2.24) is 0 Å². The van der Waals surface area contributed by atoms with Crippen molar-refractivity contribution < 1.29 is 9.53 Å². The van der Waals surface area contributed by atoms with Crippen LogP contribution in [0.2, 0.25) is 0 Å². The van der Waals surface area contributed by atoms with Crippen molar-refractivity contribution in [2.45, 2.75) is 13.0 Å². The summed E-state index contributed by atoms with van der Waals surface area (Å²) in [6.45, 7) is 3.08. The Morgan fingerprint density at radius 2 is 2.27 bits per heavy atom. The number of rotatable bonds is 3. The second-order valence-electron chi connectivity index (χ2n) is 3.46. The van der Waals surface area contributed by atoms with E-state index >= 15 is 0 Å². The topological polar surface area (TPSA) is 55.6 Å². The van der Waals surface area contributed by atoms with Crippen LogP contribution in [0.15, 0.2) is 24.3 Å². The van der Waals surface area contributed by atoms with E-state index in [-0.39, 0.29) is 11.9 Å². The number of ether oxygens (including phenoxy) is 1. The van der Waals surface area contributed by atoms with E-state index in [4.69, 9.17) is 10.5 Å². The summed E-state index contributed by atoms with van der Waals surface area (Å²) in [6, 6.07) is 7.15. The van der Waals surface area contributed by atoms with Crippen LogP contribution in [0.25, 0.3) is 0 Å². The first-order valence-electron chi connectivity index (χ1n) is 5.03. The molecule has 4 heteroatoms. The summed E-state index contributed by atoms with van der Waals surface area (Å²) < 4.78 is 5.44. The lowest BCUT2D eigenvalue weighted by atomic mass is 10.1. The molecule has 0 aliphatic carbocycles. The van der Waals surface area contributed by atoms with Gasteiger partial charge in [0.15, 0.2) is 0 Å². The number of hydrogen-bond donors (Lipinski definition) is 1. The van der Waals surface area contributed by atoms with E-state index in [9.17, 15) is 4.79 Å². The lowest BCUT2D eigenvalue weighted by Crippen LogP contribution is -2.61. The Balaban J connectivity index is 2.24. The molecule has 1 heterocycles. The smallest absolute Gasteiger partial charge is 0.245 e.